The number of aliphatic hydroxyl groups excluding tert-OH is 1. The van der Waals surface area contributed by atoms with Gasteiger partial charge in [0.25, 0.3) is 0 Å². The van der Waals surface area contributed by atoms with E-state index in [0.717, 1.165) is 12.8 Å². The molecule has 0 saturated heterocycles. The van der Waals surface area contributed by atoms with Crippen molar-refractivity contribution in [2.45, 2.75) is 40.5 Å². The molecule has 0 amide bonds. The summed E-state index contributed by atoms with van der Waals surface area (Å²) < 4.78 is 0. The lowest BCUT2D eigenvalue weighted by Crippen LogP contribution is -2.02. The number of aliphatic hydroxyl groups is 1. The molecule has 12 heavy (non-hydrogen) atoms. The Balaban J connectivity index is 3.61. The van der Waals surface area contributed by atoms with Crippen molar-refractivity contribution in [3.8, 4) is 0 Å². The van der Waals surface area contributed by atoms with Crippen LogP contribution < -0.4 is 0 Å². The topological polar surface area (TPSA) is 20.2 Å². The summed E-state index contributed by atoms with van der Waals surface area (Å²) in [6, 6.07) is 0. The zero-order chi connectivity index (χ0) is 9.61. The van der Waals surface area contributed by atoms with E-state index in [4.69, 9.17) is 5.11 Å². The Labute approximate surface area is 76.5 Å². The predicted molar refractivity (Wildman–Crippen MR) is 54.1 cm³/mol. The van der Waals surface area contributed by atoms with Gasteiger partial charge in [-0.2, -0.15) is 0 Å². The van der Waals surface area contributed by atoms with E-state index < -0.39 is 0 Å². The summed E-state index contributed by atoms with van der Waals surface area (Å²) in [4.78, 5) is 0. The van der Waals surface area contributed by atoms with Crippen molar-refractivity contribution in [3.05, 3.63) is 12.2 Å². The van der Waals surface area contributed by atoms with Crippen LogP contribution in [0.25, 0.3) is 0 Å². The second-order valence-corrected chi connectivity index (χ2v) is 4.68. The minimum Gasteiger partial charge on any atom is -0.396 e. The highest BCUT2D eigenvalue weighted by molar-refractivity contribution is 4.89. The van der Waals surface area contributed by atoms with Gasteiger partial charge in [-0.1, -0.05) is 39.8 Å². The Bertz CT molecular complexity index is 130. The third-order valence-corrected chi connectivity index (χ3v) is 1.78. The summed E-state index contributed by atoms with van der Waals surface area (Å²) >= 11 is 0. The van der Waals surface area contributed by atoms with E-state index in [1.165, 1.54) is 0 Å². The van der Waals surface area contributed by atoms with Crippen molar-refractivity contribution in [1.82, 2.24) is 0 Å². The molecule has 1 N–H and O–H groups in total. The molecule has 0 fully saturated rings. The van der Waals surface area contributed by atoms with Crippen LogP contribution in [0.3, 0.4) is 0 Å². The largest absolute Gasteiger partial charge is 0.396 e. The molecule has 0 aromatic heterocycles. The highest BCUT2D eigenvalue weighted by Gasteiger charge is 2.06. The van der Waals surface area contributed by atoms with Crippen LogP contribution in [0, 0.1) is 11.3 Å². The van der Waals surface area contributed by atoms with Crippen LogP contribution in [0.5, 0.6) is 0 Å². The summed E-state index contributed by atoms with van der Waals surface area (Å²) in [7, 11) is 0. The van der Waals surface area contributed by atoms with Gasteiger partial charge >= 0.3 is 0 Å². The monoisotopic (exact) mass is 170 g/mol. The minimum absolute atomic E-state index is 0.293. The molecule has 0 aliphatic carbocycles. The van der Waals surface area contributed by atoms with Gasteiger partial charge in [-0.25, -0.2) is 0 Å². The van der Waals surface area contributed by atoms with Gasteiger partial charge < -0.3 is 5.11 Å². The maximum Gasteiger partial charge on any atom is 0.0436 e. The molecule has 1 heteroatoms. The molecule has 1 unspecified atom stereocenters. The zero-order valence-electron chi connectivity index (χ0n) is 8.80. The van der Waals surface area contributed by atoms with Crippen molar-refractivity contribution >= 4 is 0 Å². The van der Waals surface area contributed by atoms with Gasteiger partial charge in [-0.3, -0.25) is 0 Å². The predicted octanol–water partition coefficient (Wildman–Crippen LogP) is 3.00. The van der Waals surface area contributed by atoms with Crippen LogP contribution in [0.15, 0.2) is 12.2 Å². The van der Waals surface area contributed by atoms with Crippen LogP contribution >= 0.6 is 0 Å². The lowest BCUT2D eigenvalue weighted by molar-refractivity contribution is 0.274. The summed E-state index contributed by atoms with van der Waals surface area (Å²) in [5.74, 6) is 0.511. The molecule has 0 radical (unpaired) electrons. The smallest absolute Gasteiger partial charge is 0.0436 e. The van der Waals surface area contributed by atoms with E-state index in [-0.39, 0.29) is 0 Å². The molecular weight excluding hydrogens is 148 g/mol. The van der Waals surface area contributed by atoms with Gasteiger partial charge in [0.1, 0.15) is 0 Å². The first-order valence-corrected chi connectivity index (χ1v) is 4.73. The molecule has 0 aromatic carbocycles. The summed E-state index contributed by atoms with van der Waals surface area (Å²) in [5.41, 5.74) is 0.384. The third-order valence-electron chi connectivity index (χ3n) is 1.78. The van der Waals surface area contributed by atoms with E-state index in [2.05, 4.69) is 39.8 Å². The third kappa shape index (κ3) is 7.80. The Morgan fingerprint density at radius 2 is 1.92 bits per heavy atom. The Hall–Kier alpha value is -0.300. The maximum absolute atomic E-state index is 8.66. The Kier molecular flexibility index (Phi) is 5.23. The molecular formula is C11H22O. The summed E-state index contributed by atoms with van der Waals surface area (Å²) in [6.07, 6.45) is 6.41. The van der Waals surface area contributed by atoms with Gasteiger partial charge in [-0.05, 0) is 24.2 Å². The molecule has 0 aromatic rings. The number of rotatable bonds is 4. The van der Waals surface area contributed by atoms with Crippen LogP contribution in [-0.2, 0) is 0 Å². The van der Waals surface area contributed by atoms with Crippen LogP contribution in [0.2, 0.25) is 0 Å². The highest BCUT2D eigenvalue weighted by Crippen LogP contribution is 2.19. The van der Waals surface area contributed by atoms with Crippen molar-refractivity contribution in [3.63, 3.8) is 0 Å². The van der Waals surface area contributed by atoms with Crippen molar-refractivity contribution in [2.24, 2.45) is 11.3 Å². The Morgan fingerprint density at radius 1 is 1.33 bits per heavy atom. The minimum atomic E-state index is 0.293. The van der Waals surface area contributed by atoms with E-state index in [1.54, 1.807) is 0 Å². The summed E-state index contributed by atoms with van der Waals surface area (Å²) in [6.45, 7) is 9.12. The standard InChI is InChI=1S/C11H22O/c1-10(7-9-12)6-5-8-11(2,3)4/h5-6,10,12H,7-9H2,1-4H3. The summed E-state index contributed by atoms with van der Waals surface area (Å²) in [5, 5.41) is 8.66. The fraction of sp³-hybridized carbons (Fsp3) is 0.818. The van der Waals surface area contributed by atoms with Crippen LogP contribution in [0.4, 0.5) is 0 Å². The SMILES string of the molecule is CC(C=CCC(C)(C)C)CCO. The van der Waals surface area contributed by atoms with Crippen molar-refractivity contribution in [2.75, 3.05) is 6.61 Å². The van der Waals surface area contributed by atoms with Gasteiger partial charge in [0.2, 0.25) is 0 Å². The molecule has 72 valence electrons. The van der Waals surface area contributed by atoms with Gasteiger partial charge in [0.15, 0.2) is 0 Å². The average molecular weight is 170 g/mol. The number of allylic oxidation sites excluding steroid dienone is 2. The van der Waals surface area contributed by atoms with E-state index >= 15 is 0 Å². The van der Waals surface area contributed by atoms with Crippen LogP contribution in [-0.4, -0.2) is 11.7 Å². The molecule has 0 heterocycles. The first kappa shape index (κ1) is 11.7. The van der Waals surface area contributed by atoms with Crippen molar-refractivity contribution in [1.29, 1.82) is 0 Å². The quantitative estimate of drug-likeness (QED) is 0.643. The van der Waals surface area contributed by atoms with Crippen molar-refractivity contribution < 1.29 is 5.11 Å². The molecule has 0 rings (SSSR count). The normalized spacial score (nSPS) is 15.4. The second kappa shape index (κ2) is 5.36. The van der Waals surface area contributed by atoms with E-state index in [1.807, 2.05) is 0 Å². The average Bonchev–Trinajstić information content (AvgIpc) is 1.84. The number of hydrogen-bond acceptors (Lipinski definition) is 1. The second-order valence-electron chi connectivity index (χ2n) is 4.68. The number of hydrogen-bond donors (Lipinski definition) is 1. The zero-order valence-corrected chi connectivity index (χ0v) is 8.80. The fourth-order valence-electron chi connectivity index (χ4n) is 0.954. The molecule has 1 nitrogen and oxygen atoms in total. The molecule has 0 bridgehead atoms. The fourth-order valence-corrected chi connectivity index (χ4v) is 0.954. The lowest BCUT2D eigenvalue weighted by atomic mass is 9.91. The van der Waals surface area contributed by atoms with Gasteiger partial charge in [0.05, 0.1) is 0 Å². The van der Waals surface area contributed by atoms with Gasteiger partial charge in [0, 0.05) is 6.61 Å². The molecule has 0 saturated carbocycles. The molecule has 0 aliphatic rings. The van der Waals surface area contributed by atoms with Crippen LogP contribution in [0.1, 0.15) is 40.5 Å². The van der Waals surface area contributed by atoms with Gasteiger partial charge in [-0.15, -0.1) is 0 Å². The lowest BCUT2D eigenvalue weighted by Gasteiger charge is -2.15. The highest BCUT2D eigenvalue weighted by atomic mass is 16.2. The van der Waals surface area contributed by atoms with E-state index in [0.29, 0.717) is 17.9 Å². The first-order valence-electron chi connectivity index (χ1n) is 4.73. The first-order chi connectivity index (χ1) is 5.45. The molecule has 0 spiro atoms. The Morgan fingerprint density at radius 3 is 2.33 bits per heavy atom. The maximum atomic E-state index is 8.66. The molecule has 0 aliphatic heterocycles. The van der Waals surface area contributed by atoms with E-state index in [9.17, 15) is 0 Å². The molecule has 1 atom stereocenters.